The van der Waals surface area contributed by atoms with Gasteiger partial charge < -0.3 is 5.32 Å². The molecule has 1 aromatic carbocycles. The fourth-order valence-electron chi connectivity index (χ4n) is 2.10. The average molecular weight is 275 g/mol. The largest absolute Gasteiger partial charge is 0.304 e. The van der Waals surface area contributed by atoms with Crippen LogP contribution in [0.2, 0.25) is 5.02 Å². The lowest BCUT2D eigenvalue weighted by molar-refractivity contribution is 0.490. The molecule has 100 valence electrons. The Labute approximate surface area is 119 Å². The molecule has 0 amide bonds. The Morgan fingerprint density at radius 1 is 1.16 bits per heavy atom. The first kappa shape index (κ1) is 14.0. The first-order chi connectivity index (χ1) is 9.29. The molecule has 0 aliphatic heterocycles. The lowest BCUT2D eigenvalue weighted by atomic mass is 10.0. The van der Waals surface area contributed by atoms with Crippen molar-refractivity contribution in [2.75, 3.05) is 0 Å². The SMILES string of the molecule is CCCC(NCc1ccccn1)c1ccc(Cl)cc1. The van der Waals surface area contributed by atoms with Crippen molar-refractivity contribution in [3.05, 3.63) is 64.9 Å². The lowest BCUT2D eigenvalue weighted by Crippen LogP contribution is -2.21. The molecule has 1 aromatic heterocycles. The van der Waals surface area contributed by atoms with Crippen LogP contribution in [0.1, 0.15) is 37.1 Å². The molecule has 0 spiro atoms. The van der Waals surface area contributed by atoms with E-state index in [1.54, 1.807) is 0 Å². The molecule has 2 nitrogen and oxygen atoms in total. The molecule has 3 heteroatoms. The quantitative estimate of drug-likeness (QED) is 0.846. The van der Waals surface area contributed by atoms with Gasteiger partial charge in [-0.3, -0.25) is 4.98 Å². The average Bonchev–Trinajstić information content (AvgIpc) is 2.46. The van der Waals surface area contributed by atoms with Crippen molar-refractivity contribution in [3.8, 4) is 0 Å². The van der Waals surface area contributed by atoms with E-state index in [9.17, 15) is 0 Å². The molecular formula is C16H19ClN2. The number of nitrogens with one attached hydrogen (secondary N) is 1. The van der Waals surface area contributed by atoms with E-state index in [1.807, 2.05) is 36.5 Å². The molecule has 1 unspecified atom stereocenters. The molecule has 0 fully saturated rings. The molecule has 0 aliphatic carbocycles. The van der Waals surface area contributed by atoms with Crippen molar-refractivity contribution >= 4 is 11.6 Å². The van der Waals surface area contributed by atoms with Gasteiger partial charge in [0.2, 0.25) is 0 Å². The van der Waals surface area contributed by atoms with Crippen LogP contribution >= 0.6 is 11.6 Å². The molecule has 0 saturated carbocycles. The Morgan fingerprint density at radius 2 is 1.95 bits per heavy atom. The molecule has 1 atom stereocenters. The van der Waals surface area contributed by atoms with Gasteiger partial charge in [0.15, 0.2) is 0 Å². The second-order valence-corrected chi connectivity index (χ2v) is 5.03. The van der Waals surface area contributed by atoms with E-state index < -0.39 is 0 Å². The maximum absolute atomic E-state index is 5.94. The number of nitrogens with zero attached hydrogens (tertiary/aromatic N) is 1. The summed E-state index contributed by atoms with van der Waals surface area (Å²) in [6.07, 6.45) is 4.07. The van der Waals surface area contributed by atoms with Crippen LogP contribution in [-0.2, 0) is 6.54 Å². The van der Waals surface area contributed by atoms with Crippen LogP contribution in [0.4, 0.5) is 0 Å². The van der Waals surface area contributed by atoms with E-state index in [4.69, 9.17) is 11.6 Å². The van der Waals surface area contributed by atoms with Crippen molar-refractivity contribution in [3.63, 3.8) is 0 Å². The van der Waals surface area contributed by atoms with Gasteiger partial charge in [-0.15, -0.1) is 0 Å². The second-order valence-electron chi connectivity index (χ2n) is 4.59. The number of hydrogen-bond donors (Lipinski definition) is 1. The van der Waals surface area contributed by atoms with Crippen molar-refractivity contribution < 1.29 is 0 Å². The summed E-state index contributed by atoms with van der Waals surface area (Å²) in [7, 11) is 0. The normalized spacial score (nSPS) is 12.3. The third kappa shape index (κ3) is 4.34. The van der Waals surface area contributed by atoms with Gasteiger partial charge in [-0.1, -0.05) is 43.1 Å². The Kier molecular flexibility index (Phi) is 5.37. The minimum absolute atomic E-state index is 0.351. The molecule has 1 heterocycles. The first-order valence-electron chi connectivity index (χ1n) is 6.68. The summed E-state index contributed by atoms with van der Waals surface area (Å²) >= 11 is 5.94. The smallest absolute Gasteiger partial charge is 0.0541 e. The van der Waals surface area contributed by atoms with Crippen LogP contribution in [-0.4, -0.2) is 4.98 Å². The van der Waals surface area contributed by atoms with E-state index in [0.29, 0.717) is 6.04 Å². The van der Waals surface area contributed by atoms with Gasteiger partial charge in [0.25, 0.3) is 0 Å². The summed E-state index contributed by atoms with van der Waals surface area (Å²) in [5.41, 5.74) is 2.35. The van der Waals surface area contributed by atoms with Crippen LogP contribution in [0.3, 0.4) is 0 Å². The van der Waals surface area contributed by atoms with Gasteiger partial charge in [0, 0.05) is 23.8 Å². The number of pyridine rings is 1. The van der Waals surface area contributed by atoms with Crippen LogP contribution in [0.25, 0.3) is 0 Å². The van der Waals surface area contributed by atoms with Gasteiger partial charge in [-0.05, 0) is 36.2 Å². The first-order valence-corrected chi connectivity index (χ1v) is 7.06. The molecule has 0 radical (unpaired) electrons. The van der Waals surface area contributed by atoms with Gasteiger partial charge in [-0.2, -0.15) is 0 Å². The summed E-state index contributed by atoms with van der Waals surface area (Å²) in [4.78, 5) is 4.33. The third-order valence-corrected chi connectivity index (χ3v) is 3.36. The van der Waals surface area contributed by atoms with E-state index >= 15 is 0 Å². The fraction of sp³-hybridized carbons (Fsp3) is 0.312. The fourth-order valence-corrected chi connectivity index (χ4v) is 2.23. The highest BCUT2D eigenvalue weighted by molar-refractivity contribution is 6.30. The van der Waals surface area contributed by atoms with Crippen LogP contribution in [0, 0.1) is 0 Å². The third-order valence-electron chi connectivity index (χ3n) is 3.11. The number of halogens is 1. The Balaban J connectivity index is 2.02. The zero-order valence-electron chi connectivity index (χ0n) is 11.1. The maximum atomic E-state index is 5.94. The molecule has 0 saturated heterocycles. The van der Waals surface area contributed by atoms with E-state index in [-0.39, 0.29) is 0 Å². The minimum atomic E-state index is 0.351. The van der Waals surface area contributed by atoms with Crippen LogP contribution < -0.4 is 5.32 Å². The topological polar surface area (TPSA) is 24.9 Å². The number of benzene rings is 1. The highest BCUT2D eigenvalue weighted by atomic mass is 35.5. The zero-order valence-corrected chi connectivity index (χ0v) is 11.9. The van der Waals surface area contributed by atoms with Gasteiger partial charge in [0.05, 0.1) is 5.69 Å². The Bertz CT molecular complexity index is 482. The van der Waals surface area contributed by atoms with E-state index in [2.05, 4.69) is 29.4 Å². The summed E-state index contributed by atoms with van der Waals surface area (Å²) in [5.74, 6) is 0. The van der Waals surface area contributed by atoms with Crippen molar-refractivity contribution in [2.24, 2.45) is 0 Å². The predicted octanol–water partition coefficient (Wildman–Crippen LogP) is 4.37. The molecule has 19 heavy (non-hydrogen) atoms. The molecule has 2 rings (SSSR count). The standard InChI is InChI=1S/C16H19ClN2/c1-2-5-16(13-7-9-14(17)10-8-13)19-12-15-6-3-4-11-18-15/h3-4,6-11,16,19H,2,5,12H2,1H3. The van der Waals surface area contributed by atoms with Crippen molar-refractivity contribution in [1.82, 2.24) is 10.3 Å². The molecule has 0 bridgehead atoms. The van der Waals surface area contributed by atoms with Crippen LogP contribution in [0.5, 0.6) is 0 Å². The highest BCUT2D eigenvalue weighted by Gasteiger charge is 2.10. The molecule has 1 N–H and O–H groups in total. The zero-order chi connectivity index (χ0) is 13.5. The minimum Gasteiger partial charge on any atom is -0.304 e. The van der Waals surface area contributed by atoms with Crippen molar-refractivity contribution in [1.29, 1.82) is 0 Å². The Hall–Kier alpha value is -1.38. The highest BCUT2D eigenvalue weighted by Crippen LogP contribution is 2.21. The monoisotopic (exact) mass is 274 g/mol. The molecular weight excluding hydrogens is 256 g/mol. The number of hydrogen-bond acceptors (Lipinski definition) is 2. The Morgan fingerprint density at radius 3 is 2.58 bits per heavy atom. The maximum Gasteiger partial charge on any atom is 0.0541 e. The summed E-state index contributed by atoms with van der Waals surface area (Å²) in [6.45, 7) is 2.99. The van der Waals surface area contributed by atoms with E-state index in [1.165, 1.54) is 5.56 Å². The second kappa shape index (κ2) is 7.27. The van der Waals surface area contributed by atoms with Gasteiger partial charge in [-0.25, -0.2) is 0 Å². The van der Waals surface area contributed by atoms with Gasteiger partial charge in [0.1, 0.15) is 0 Å². The lowest BCUT2D eigenvalue weighted by Gasteiger charge is -2.18. The summed E-state index contributed by atoms with van der Waals surface area (Å²) in [6, 6.07) is 14.4. The van der Waals surface area contributed by atoms with E-state index in [0.717, 1.165) is 30.1 Å². The molecule has 0 aliphatic rings. The van der Waals surface area contributed by atoms with Crippen LogP contribution in [0.15, 0.2) is 48.7 Å². The predicted molar refractivity (Wildman–Crippen MR) is 80.2 cm³/mol. The summed E-state index contributed by atoms with van der Waals surface area (Å²) in [5, 5.41) is 4.35. The number of rotatable bonds is 6. The van der Waals surface area contributed by atoms with Crippen molar-refractivity contribution in [2.45, 2.75) is 32.4 Å². The summed E-state index contributed by atoms with van der Waals surface area (Å²) < 4.78 is 0. The van der Waals surface area contributed by atoms with Gasteiger partial charge >= 0.3 is 0 Å². The number of aromatic nitrogens is 1. The molecule has 2 aromatic rings.